The van der Waals surface area contributed by atoms with Gasteiger partial charge in [-0.25, -0.2) is 8.42 Å². The van der Waals surface area contributed by atoms with Crippen molar-refractivity contribution in [1.29, 1.82) is 0 Å². The predicted molar refractivity (Wildman–Crippen MR) is 82.9 cm³/mol. The Balaban J connectivity index is 2.37. The van der Waals surface area contributed by atoms with E-state index in [0.717, 1.165) is 0 Å². The van der Waals surface area contributed by atoms with Crippen LogP contribution in [0.2, 0.25) is 5.02 Å². The summed E-state index contributed by atoms with van der Waals surface area (Å²) in [6.45, 7) is 4.38. The zero-order chi connectivity index (χ0) is 15.8. The van der Waals surface area contributed by atoms with Crippen LogP contribution in [0.15, 0.2) is 12.1 Å². The third kappa shape index (κ3) is 3.29. The molecule has 1 unspecified atom stereocenters. The summed E-state index contributed by atoms with van der Waals surface area (Å²) in [7, 11) is -3.08. The Morgan fingerprint density at radius 1 is 1.38 bits per heavy atom. The molecule has 1 aromatic rings. The topological polar surface area (TPSA) is 80.5 Å². The lowest BCUT2D eigenvalue weighted by molar-refractivity contribution is -0.384. The summed E-state index contributed by atoms with van der Waals surface area (Å²) in [4.78, 5) is 12.2. The van der Waals surface area contributed by atoms with Gasteiger partial charge in [-0.1, -0.05) is 11.6 Å². The molecule has 0 bridgehead atoms. The van der Waals surface area contributed by atoms with Gasteiger partial charge in [0.05, 0.1) is 26.6 Å². The number of benzene rings is 1. The van der Waals surface area contributed by atoms with E-state index >= 15 is 0 Å². The van der Waals surface area contributed by atoms with Gasteiger partial charge in [-0.15, -0.1) is 0 Å². The summed E-state index contributed by atoms with van der Waals surface area (Å²) in [5.41, 5.74) is 1.31. The maximum atomic E-state index is 11.9. The molecule has 0 amide bonds. The summed E-state index contributed by atoms with van der Waals surface area (Å²) < 4.78 is 23.9. The summed E-state index contributed by atoms with van der Waals surface area (Å²) in [5, 5.41) is 10.7. The van der Waals surface area contributed by atoms with Crippen LogP contribution < -0.4 is 4.90 Å². The van der Waals surface area contributed by atoms with Crippen LogP contribution in [0.25, 0.3) is 0 Å². The lowest BCUT2D eigenvalue weighted by atomic mass is 10.1. The first-order valence-corrected chi connectivity index (χ1v) is 8.73. The van der Waals surface area contributed by atoms with Crippen LogP contribution >= 0.6 is 11.6 Å². The van der Waals surface area contributed by atoms with Crippen molar-refractivity contribution < 1.29 is 13.3 Å². The van der Waals surface area contributed by atoms with E-state index in [1.807, 2.05) is 4.90 Å². The summed E-state index contributed by atoms with van der Waals surface area (Å²) in [5.74, 6) is 0.0704. The molecule has 21 heavy (non-hydrogen) atoms. The Morgan fingerprint density at radius 2 is 2.05 bits per heavy atom. The van der Waals surface area contributed by atoms with Gasteiger partial charge in [0.25, 0.3) is 5.69 Å². The SMILES string of the molecule is Cc1cc([N+](=O)[O-])cc(Cl)c1N1CCC(C)S(=O)(=O)CC1. The van der Waals surface area contributed by atoms with Gasteiger partial charge >= 0.3 is 0 Å². The number of nitro groups is 1. The van der Waals surface area contributed by atoms with Crippen molar-refractivity contribution in [2.24, 2.45) is 0 Å². The fourth-order valence-electron chi connectivity index (χ4n) is 2.52. The highest BCUT2D eigenvalue weighted by Gasteiger charge is 2.28. The van der Waals surface area contributed by atoms with Crippen molar-refractivity contribution in [3.05, 3.63) is 32.8 Å². The van der Waals surface area contributed by atoms with Crippen LogP contribution in [0.4, 0.5) is 11.4 Å². The van der Waals surface area contributed by atoms with Gasteiger partial charge in [0.15, 0.2) is 9.84 Å². The molecule has 1 aromatic carbocycles. The van der Waals surface area contributed by atoms with Crippen molar-refractivity contribution in [1.82, 2.24) is 0 Å². The minimum Gasteiger partial charge on any atom is -0.369 e. The van der Waals surface area contributed by atoms with Crippen LogP contribution in [0.3, 0.4) is 0 Å². The van der Waals surface area contributed by atoms with Gasteiger partial charge < -0.3 is 4.90 Å². The van der Waals surface area contributed by atoms with Crippen LogP contribution in [-0.2, 0) is 9.84 Å². The molecule has 0 saturated carbocycles. The molecule has 1 heterocycles. The first-order valence-electron chi connectivity index (χ1n) is 6.63. The second-order valence-electron chi connectivity index (χ2n) is 5.30. The molecule has 1 fully saturated rings. The maximum absolute atomic E-state index is 11.9. The first-order chi connectivity index (χ1) is 9.72. The second kappa shape index (κ2) is 5.81. The van der Waals surface area contributed by atoms with E-state index < -0.39 is 14.8 Å². The van der Waals surface area contributed by atoms with Gasteiger partial charge in [0.2, 0.25) is 0 Å². The standard InChI is InChI=1S/C13H17ClN2O4S/c1-9-7-11(16(17)18)8-12(14)13(9)15-4-3-10(2)21(19,20)6-5-15/h7-8,10H,3-6H2,1-2H3. The highest BCUT2D eigenvalue weighted by Crippen LogP contribution is 2.34. The van der Waals surface area contributed by atoms with Gasteiger partial charge in [-0.2, -0.15) is 0 Å². The van der Waals surface area contributed by atoms with E-state index in [9.17, 15) is 18.5 Å². The zero-order valence-electron chi connectivity index (χ0n) is 11.9. The average molecular weight is 333 g/mol. The van der Waals surface area contributed by atoms with Crippen molar-refractivity contribution >= 4 is 32.8 Å². The van der Waals surface area contributed by atoms with E-state index in [4.69, 9.17) is 11.6 Å². The second-order valence-corrected chi connectivity index (χ2v) is 8.25. The minimum atomic E-state index is -3.08. The maximum Gasteiger partial charge on any atom is 0.271 e. The number of non-ortho nitro benzene ring substituents is 1. The summed E-state index contributed by atoms with van der Waals surface area (Å²) in [6.07, 6.45) is 0.523. The third-order valence-corrected chi connectivity index (χ3v) is 6.33. The fraction of sp³-hybridized carbons (Fsp3) is 0.538. The zero-order valence-corrected chi connectivity index (χ0v) is 13.4. The molecule has 1 aliphatic heterocycles. The number of sulfone groups is 1. The number of rotatable bonds is 2. The number of hydrogen-bond acceptors (Lipinski definition) is 5. The molecule has 8 heteroatoms. The monoisotopic (exact) mass is 332 g/mol. The lowest BCUT2D eigenvalue weighted by Crippen LogP contribution is -2.27. The van der Waals surface area contributed by atoms with Gasteiger partial charge in [0.1, 0.15) is 0 Å². The molecule has 1 atom stereocenters. The van der Waals surface area contributed by atoms with Crippen LogP contribution in [0, 0.1) is 17.0 Å². The smallest absolute Gasteiger partial charge is 0.271 e. The normalized spacial score (nSPS) is 21.9. The van der Waals surface area contributed by atoms with Gasteiger partial charge in [-0.3, -0.25) is 10.1 Å². The van der Waals surface area contributed by atoms with Crippen LogP contribution in [0.5, 0.6) is 0 Å². The minimum absolute atomic E-state index is 0.0583. The molecule has 0 aliphatic carbocycles. The molecule has 0 radical (unpaired) electrons. The van der Waals surface area contributed by atoms with Crippen LogP contribution in [-0.4, -0.2) is 37.4 Å². The number of halogens is 1. The highest BCUT2D eigenvalue weighted by molar-refractivity contribution is 7.92. The Bertz CT molecular complexity index is 652. The number of nitro benzene ring substituents is 1. The fourth-order valence-corrected chi connectivity index (χ4v) is 4.24. The Morgan fingerprint density at radius 3 is 2.62 bits per heavy atom. The molecule has 1 aliphatic rings. The van der Waals surface area contributed by atoms with Crippen molar-refractivity contribution in [2.45, 2.75) is 25.5 Å². The number of aryl methyl sites for hydroxylation is 1. The number of nitrogens with zero attached hydrogens (tertiary/aromatic N) is 2. The molecule has 6 nitrogen and oxygen atoms in total. The summed E-state index contributed by atoms with van der Waals surface area (Å²) >= 11 is 6.18. The molecular weight excluding hydrogens is 316 g/mol. The first kappa shape index (κ1) is 16.0. The van der Waals surface area contributed by atoms with Crippen molar-refractivity contribution in [2.75, 3.05) is 23.7 Å². The Labute approximate surface area is 128 Å². The average Bonchev–Trinajstić information content (AvgIpc) is 2.50. The molecular formula is C13H17ClN2O4S. The van der Waals surface area contributed by atoms with Crippen molar-refractivity contribution in [3.63, 3.8) is 0 Å². The Kier molecular flexibility index (Phi) is 4.43. The van der Waals surface area contributed by atoms with E-state index in [0.29, 0.717) is 30.8 Å². The molecule has 2 rings (SSSR count). The molecule has 116 valence electrons. The highest BCUT2D eigenvalue weighted by atomic mass is 35.5. The summed E-state index contributed by atoms with van der Waals surface area (Å²) in [6, 6.07) is 2.77. The predicted octanol–water partition coefficient (Wildman–Crippen LogP) is 2.57. The van der Waals surface area contributed by atoms with E-state index in [2.05, 4.69) is 0 Å². The van der Waals surface area contributed by atoms with E-state index in [1.165, 1.54) is 12.1 Å². The van der Waals surface area contributed by atoms with E-state index in [1.54, 1.807) is 13.8 Å². The third-order valence-electron chi connectivity index (χ3n) is 3.83. The van der Waals surface area contributed by atoms with Gasteiger partial charge in [-0.05, 0) is 25.8 Å². The van der Waals surface area contributed by atoms with Crippen LogP contribution in [0.1, 0.15) is 18.9 Å². The number of anilines is 1. The largest absolute Gasteiger partial charge is 0.369 e. The van der Waals surface area contributed by atoms with E-state index in [-0.39, 0.29) is 21.7 Å². The molecule has 1 saturated heterocycles. The molecule has 0 aromatic heterocycles. The number of hydrogen-bond donors (Lipinski definition) is 0. The molecule has 0 N–H and O–H groups in total. The lowest BCUT2D eigenvalue weighted by Gasteiger charge is -2.25. The Hall–Kier alpha value is -1.34. The van der Waals surface area contributed by atoms with Crippen molar-refractivity contribution in [3.8, 4) is 0 Å². The van der Waals surface area contributed by atoms with Gasteiger partial charge in [0, 0.05) is 25.2 Å². The quantitative estimate of drug-likeness (QED) is 0.614. The molecule has 0 spiro atoms.